The SMILES string of the molecule is CCOC(=O)C1=C(C)OC(N)=C(C(=O)OCC)C1c1ccc(C(=O)O)cc1. The highest BCUT2D eigenvalue weighted by atomic mass is 16.5. The van der Waals surface area contributed by atoms with E-state index in [1.165, 1.54) is 24.3 Å². The van der Waals surface area contributed by atoms with Crippen LogP contribution in [-0.4, -0.2) is 36.2 Å². The van der Waals surface area contributed by atoms with Gasteiger partial charge in [-0.3, -0.25) is 0 Å². The summed E-state index contributed by atoms with van der Waals surface area (Å²) in [5.41, 5.74) is 6.55. The van der Waals surface area contributed by atoms with Crippen molar-refractivity contribution in [3.63, 3.8) is 0 Å². The van der Waals surface area contributed by atoms with Crippen molar-refractivity contribution >= 4 is 17.9 Å². The van der Waals surface area contributed by atoms with E-state index in [1.807, 2.05) is 0 Å². The summed E-state index contributed by atoms with van der Waals surface area (Å²) in [6, 6.07) is 5.78. The average molecular weight is 375 g/mol. The van der Waals surface area contributed by atoms with Crippen LogP contribution in [0.5, 0.6) is 0 Å². The minimum absolute atomic E-state index is 0.0337. The number of aromatic carboxylic acids is 1. The Balaban J connectivity index is 2.62. The van der Waals surface area contributed by atoms with Crippen molar-refractivity contribution in [3.05, 3.63) is 58.2 Å². The predicted molar refractivity (Wildman–Crippen MR) is 94.4 cm³/mol. The fourth-order valence-electron chi connectivity index (χ4n) is 2.81. The normalized spacial score (nSPS) is 16.6. The zero-order valence-electron chi connectivity index (χ0n) is 15.3. The molecule has 1 unspecified atom stereocenters. The molecule has 0 saturated carbocycles. The van der Waals surface area contributed by atoms with Gasteiger partial charge in [-0.25, -0.2) is 14.4 Å². The van der Waals surface area contributed by atoms with Crippen LogP contribution in [0.15, 0.2) is 47.1 Å². The molecular formula is C19H21NO7. The molecule has 1 aromatic carbocycles. The number of hydrogen-bond donors (Lipinski definition) is 2. The van der Waals surface area contributed by atoms with E-state index in [0.29, 0.717) is 5.56 Å². The third kappa shape index (κ3) is 4.11. The number of ether oxygens (including phenoxy) is 3. The van der Waals surface area contributed by atoms with Crippen LogP contribution in [0.2, 0.25) is 0 Å². The Morgan fingerprint density at radius 3 is 2.04 bits per heavy atom. The van der Waals surface area contributed by atoms with Gasteiger partial charge in [-0.2, -0.15) is 0 Å². The molecule has 0 bridgehead atoms. The number of carboxylic acids is 1. The van der Waals surface area contributed by atoms with Crippen LogP contribution in [0.25, 0.3) is 0 Å². The number of esters is 2. The maximum atomic E-state index is 12.5. The van der Waals surface area contributed by atoms with Crippen molar-refractivity contribution in [1.82, 2.24) is 0 Å². The molecule has 2 rings (SSSR count). The number of allylic oxidation sites excluding steroid dienone is 1. The van der Waals surface area contributed by atoms with Crippen LogP contribution in [0.1, 0.15) is 42.6 Å². The van der Waals surface area contributed by atoms with Crippen LogP contribution in [0.3, 0.4) is 0 Å². The lowest BCUT2D eigenvalue weighted by Crippen LogP contribution is -2.30. The van der Waals surface area contributed by atoms with Crippen LogP contribution in [-0.2, 0) is 23.8 Å². The first-order valence-corrected chi connectivity index (χ1v) is 8.37. The standard InChI is InChI=1S/C19H21NO7/c1-4-25-18(23)13-10(3)27-16(20)15(19(24)26-5-2)14(13)11-6-8-12(9-7-11)17(21)22/h6-9,14H,4-5,20H2,1-3H3,(H,21,22). The second-order valence-corrected chi connectivity index (χ2v) is 5.65. The maximum absolute atomic E-state index is 12.5. The van der Waals surface area contributed by atoms with Gasteiger partial charge in [-0.1, -0.05) is 12.1 Å². The Bertz CT molecular complexity index is 781. The summed E-state index contributed by atoms with van der Waals surface area (Å²) in [6.07, 6.45) is 0. The fourth-order valence-corrected chi connectivity index (χ4v) is 2.81. The van der Waals surface area contributed by atoms with Gasteiger partial charge in [0.05, 0.1) is 30.3 Å². The van der Waals surface area contributed by atoms with Crippen molar-refractivity contribution in [2.24, 2.45) is 5.73 Å². The summed E-state index contributed by atoms with van der Waals surface area (Å²) in [5, 5.41) is 9.08. The van der Waals surface area contributed by atoms with Crippen molar-refractivity contribution in [1.29, 1.82) is 0 Å². The Morgan fingerprint density at radius 1 is 1.04 bits per heavy atom. The van der Waals surface area contributed by atoms with E-state index in [1.54, 1.807) is 20.8 Å². The Labute approximate surface area is 156 Å². The third-order valence-corrected chi connectivity index (χ3v) is 3.97. The number of nitrogens with two attached hydrogens (primary N) is 1. The van der Waals surface area contributed by atoms with Gasteiger partial charge >= 0.3 is 17.9 Å². The van der Waals surface area contributed by atoms with Gasteiger partial charge in [0.25, 0.3) is 0 Å². The van der Waals surface area contributed by atoms with Gasteiger partial charge in [0.2, 0.25) is 5.88 Å². The molecule has 0 aromatic heterocycles. The van der Waals surface area contributed by atoms with Gasteiger partial charge in [-0.05, 0) is 38.5 Å². The molecule has 144 valence electrons. The van der Waals surface area contributed by atoms with Gasteiger partial charge in [0, 0.05) is 0 Å². The molecule has 1 aromatic rings. The van der Waals surface area contributed by atoms with Gasteiger partial charge in [0.1, 0.15) is 11.3 Å². The average Bonchev–Trinajstić information content (AvgIpc) is 2.61. The topological polar surface area (TPSA) is 125 Å². The lowest BCUT2D eigenvalue weighted by molar-refractivity contribution is -0.140. The molecule has 8 heteroatoms. The summed E-state index contributed by atoms with van der Waals surface area (Å²) >= 11 is 0. The quantitative estimate of drug-likeness (QED) is 0.724. The number of benzene rings is 1. The van der Waals surface area contributed by atoms with Crippen LogP contribution >= 0.6 is 0 Å². The maximum Gasteiger partial charge on any atom is 0.340 e. The second kappa shape index (κ2) is 8.39. The lowest BCUT2D eigenvalue weighted by Gasteiger charge is -2.28. The van der Waals surface area contributed by atoms with E-state index < -0.39 is 23.8 Å². The second-order valence-electron chi connectivity index (χ2n) is 5.65. The molecule has 0 amide bonds. The predicted octanol–water partition coefficient (Wildman–Crippen LogP) is 2.07. The van der Waals surface area contributed by atoms with E-state index in [0.717, 1.165) is 0 Å². The summed E-state index contributed by atoms with van der Waals surface area (Å²) in [6.45, 7) is 5.08. The molecule has 1 aliphatic heterocycles. The van der Waals surface area contributed by atoms with Crippen molar-refractivity contribution in [2.45, 2.75) is 26.7 Å². The highest BCUT2D eigenvalue weighted by Crippen LogP contribution is 2.40. The molecule has 27 heavy (non-hydrogen) atoms. The monoisotopic (exact) mass is 375 g/mol. The number of hydrogen-bond acceptors (Lipinski definition) is 7. The number of carboxylic acid groups (broad SMARTS) is 1. The smallest absolute Gasteiger partial charge is 0.340 e. The summed E-state index contributed by atoms with van der Waals surface area (Å²) in [7, 11) is 0. The molecule has 8 nitrogen and oxygen atoms in total. The highest BCUT2D eigenvalue weighted by Gasteiger charge is 2.40. The third-order valence-electron chi connectivity index (χ3n) is 3.97. The summed E-state index contributed by atoms with van der Waals surface area (Å²) in [5.74, 6) is -3.35. The van der Waals surface area contributed by atoms with Crippen molar-refractivity contribution in [2.75, 3.05) is 13.2 Å². The molecule has 0 saturated heterocycles. The van der Waals surface area contributed by atoms with Crippen LogP contribution in [0.4, 0.5) is 0 Å². The summed E-state index contributed by atoms with van der Waals surface area (Å²) < 4.78 is 15.6. The van der Waals surface area contributed by atoms with Crippen molar-refractivity contribution < 1.29 is 33.7 Å². The zero-order valence-corrected chi connectivity index (χ0v) is 15.3. The molecule has 1 heterocycles. The van der Waals surface area contributed by atoms with E-state index >= 15 is 0 Å². The molecule has 0 radical (unpaired) electrons. The molecule has 0 fully saturated rings. The lowest BCUT2D eigenvalue weighted by atomic mass is 9.82. The van der Waals surface area contributed by atoms with Gasteiger partial charge in [0.15, 0.2) is 0 Å². The summed E-state index contributed by atoms with van der Waals surface area (Å²) in [4.78, 5) is 36.1. The number of carbonyl (C=O) groups excluding carboxylic acids is 2. The van der Waals surface area contributed by atoms with E-state index in [9.17, 15) is 14.4 Å². The molecular weight excluding hydrogens is 354 g/mol. The minimum atomic E-state index is -1.09. The van der Waals surface area contributed by atoms with Crippen LogP contribution < -0.4 is 5.73 Å². The van der Waals surface area contributed by atoms with Gasteiger partial charge < -0.3 is 25.1 Å². The molecule has 0 spiro atoms. The number of carbonyl (C=O) groups is 3. The van der Waals surface area contributed by atoms with E-state index in [-0.39, 0.29) is 41.6 Å². The molecule has 3 N–H and O–H groups in total. The Hall–Kier alpha value is -3.29. The first-order valence-electron chi connectivity index (χ1n) is 8.37. The molecule has 0 aliphatic carbocycles. The van der Waals surface area contributed by atoms with E-state index in [2.05, 4.69) is 0 Å². The molecule has 1 aliphatic rings. The Kier molecular flexibility index (Phi) is 6.23. The van der Waals surface area contributed by atoms with Crippen LogP contribution in [0, 0.1) is 0 Å². The van der Waals surface area contributed by atoms with Crippen molar-refractivity contribution in [3.8, 4) is 0 Å². The minimum Gasteiger partial charge on any atom is -0.478 e. The molecule has 1 atom stereocenters. The zero-order chi connectivity index (χ0) is 20.1. The fraction of sp³-hybridized carbons (Fsp3) is 0.316. The first-order chi connectivity index (χ1) is 12.8. The first kappa shape index (κ1) is 20.0. The Morgan fingerprint density at radius 2 is 1.56 bits per heavy atom. The number of rotatable bonds is 6. The largest absolute Gasteiger partial charge is 0.478 e. The highest BCUT2D eigenvalue weighted by molar-refractivity contribution is 5.99. The van der Waals surface area contributed by atoms with E-state index in [4.69, 9.17) is 25.1 Å². The van der Waals surface area contributed by atoms with Gasteiger partial charge in [-0.15, -0.1) is 0 Å².